The Labute approximate surface area is 124 Å². The molecule has 1 fully saturated rings. The molecule has 0 spiro atoms. The van der Waals surface area contributed by atoms with Crippen LogP contribution in [0.15, 0.2) is 0 Å². The van der Waals surface area contributed by atoms with Gasteiger partial charge in [0.2, 0.25) is 11.8 Å². The van der Waals surface area contributed by atoms with Gasteiger partial charge in [0.25, 0.3) is 0 Å². The van der Waals surface area contributed by atoms with Gasteiger partial charge in [-0.2, -0.15) is 0 Å². The monoisotopic (exact) mass is 299 g/mol. The standard InChI is InChI=1S/C14H25N3O4/c1-14(2,3)8-9(15)6-11(18)17-5-4-16-13(21)10(17)7-12(19)20/h9-10H,4-8,15H2,1-3H3,(H,16,21)(H,19,20). The molecule has 1 aliphatic rings. The Kier molecular flexibility index (Phi) is 5.71. The van der Waals surface area contributed by atoms with E-state index in [-0.39, 0.29) is 30.2 Å². The SMILES string of the molecule is CC(C)(C)CC(N)CC(=O)N1CCNC(=O)C1CC(=O)O. The first-order chi connectivity index (χ1) is 9.60. The van der Waals surface area contributed by atoms with Crippen LogP contribution in [0.1, 0.15) is 40.0 Å². The lowest BCUT2D eigenvalue weighted by molar-refractivity contribution is -0.148. The quantitative estimate of drug-likeness (QED) is 0.658. The van der Waals surface area contributed by atoms with E-state index in [0.717, 1.165) is 0 Å². The molecule has 1 aliphatic heterocycles. The summed E-state index contributed by atoms with van der Waals surface area (Å²) in [7, 11) is 0. The van der Waals surface area contributed by atoms with Crippen LogP contribution in [0.4, 0.5) is 0 Å². The largest absolute Gasteiger partial charge is 0.481 e. The molecule has 7 nitrogen and oxygen atoms in total. The van der Waals surface area contributed by atoms with E-state index in [2.05, 4.69) is 5.32 Å². The van der Waals surface area contributed by atoms with E-state index in [1.54, 1.807) is 0 Å². The van der Waals surface area contributed by atoms with E-state index >= 15 is 0 Å². The van der Waals surface area contributed by atoms with Crippen LogP contribution in [0.3, 0.4) is 0 Å². The zero-order valence-corrected chi connectivity index (χ0v) is 12.9. The highest BCUT2D eigenvalue weighted by Gasteiger charge is 2.35. The normalized spacial score (nSPS) is 20.9. The lowest BCUT2D eigenvalue weighted by Gasteiger charge is -2.35. The Bertz CT molecular complexity index is 417. The van der Waals surface area contributed by atoms with Crippen molar-refractivity contribution in [1.82, 2.24) is 10.2 Å². The number of carboxylic acid groups (broad SMARTS) is 1. The van der Waals surface area contributed by atoms with Crippen LogP contribution < -0.4 is 11.1 Å². The summed E-state index contributed by atoms with van der Waals surface area (Å²) < 4.78 is 0. The van der Waals surface area contributed by atoms with Crippen molar-refractivity contribution in [3.8, 4) is 0 Å². The fourth-order valence-electron chi connectivity index (χ4n) is 2.58. The number of hydrogen-bond donors (Lipinski definition) is 3. The van der Waals surface area contributed by atoms with Crippen LogP contribution in [-0.4, -0.2) is 53.0 Å². The number of piperazine rings is 1. The van der Waals surface area contributed by atoms with Crippen molar-refractivity contribution in [1.29, 1.82) is 0 Å². The molecule has 0 aliphatic carbocycles. The first-order valence-electron chi connectivity index (χ1n) is 7.14. The molecular formula is C14H25N3O4. The predicted octanol–water partition coefficient (Wildman–Crippen LogP) is -0.0583. The molecule has 0 bridgehead atoms. The second kappa shape index (κ2) is 6.89. The minimum atomic E-state index is -1.10. The lowest BCUT2D eigenvalue weighted by Crippen LogP contribution is -2.58. The number of nitrogens with one attached hydrogen (secondary N) is 1. The average molecular weight is 299 g/mol. The molecule has 0 aromatic carbocycles. The molecule has 7 heteroatoms. The van der Waals surface area contributed by atoms with Crippen LogP contribution >= 0.6 is 0 Å². The Morgan fingerprint density at radius 1 is 1.48 bits per heavy atom. The Hall–Kier alpha value is -1.63. The molecular weight excluding hydrogens is 274 g/mol. The van der Waals surface area contributed by atoms with E-state index in [0.29, 0.717) is 19.5 Å². The number of nitrogens with zero attached hydrogens (tertiary/aromatic N) is 1. The summed E-state index contributed by atoms with van der Waals surface area (Å²) in [5.41, 5.74) is 6.00. The maximum atomic E-state index is 12.3. The van der Waals surface area contributed by atoms with Crippen LogP contribution in [0.25, 0.3) is 0 Å². The molecule has 1 rings (SSSR count). The number of amides is 2. The fourth-order valence-corrected chi connectivity index (χ4v) is 2.58. The Morgan fingerprint density at radius 2 is 2.10 bits per heavy atom. The molecule has 1 saturated heterocycles. The summed E-state index contributed by atoms with van der Waals surface area (Å²) in [6.45, 7) is 6.79. The van der Waals surface area contributed by atoms with Crippen molar-refractivity contribution in [2.45, 2.75) is 52.1 Å². The Balaban J connectivity index is 2.69. The second-order valence-corrected chi connectivity index (χ2v) is 6.72. The average Bonchev–Trinajstić information content (AvgIpc) is 2.28. The van der Waals surface area contributed by atoms with Crippen LogP contribution in [-0.2, 0) is 14.4 Å². The number of carbonyl (C=O) groups excluding carboxylic acids is 2. The maximum Gasteiger partial charge on any atom is 0.305 e. The molecule has 21 heavy (non-hydrogen) atoms. The van der Waals surface area contributed by atoms with Gasteiger partial charge in [0.1, 0.15) is 6.04 Å². The zero-order valence-electron chi connectivity index (χ0n) is 12.9. The highest BCUT2D eigenvalue weighted by molar-refractivity contribution is 5.91. The summed E-state index contributed by atoms with van der Waals surface area (Å²) in [5.74, 6) is -1.77. The van der Waals surface area contributed by atoms with E-state index in [9.17, 15) is 14.4 Å². The van der Waals surface area contributed by atoms with Gasteiger partial charge in [-0.3, -0.25) is 14.4 Å². The number of carbonyl (C=O) groups is 3. The minimum Gasteiger partial charge on any atom is -0.481 e. The third-order valence-electron chi connectivity index (χ3n) is 3.33. The molecule has 120 valence electrons. The van der Waals surface area contributed by atoms with Gasteiger partial charge in [-0.25, -0.2) is 0 Å². The highest BCUT2D eigenvalue weighted by Crippen LogP contribution is 2.22. The molecule has 0 radical (unpaired) electrons. The van der Waals surface area contributed by atoms with Crippen molar-refractivity contribution in [2.24, 2.45) is 11.1 Å². The summed E-state index contributed by atoms with van der Waals surface area (Å²) in [6, 6.07) is -1.24. The van der Waals surface area contributed by atoms with Crippen molar-refractivity contribution >= 4 is 17.8 Å². The molecule has 0 aromatic heterocycles. The topological polar surface area (TPSA) is 113 Å². The van der Waals surface area contributed by atoms with Crippen molar-refractivity contribution in [3.05, 3.63) is 0 Å². The van der Waals surface area contributed by atoms with Crippen LogP contribution in [0, 0.1) is 5.41 Å². The van der Waals surface area contributed by atoms with Gasteiger partial charge >= 0.3 is 5.97 Å². The summed E-state index contributed by atoms with van der Waals surface area (Å²) in [5, 5.41) is 11.5. The van der Waals surface area contributed by atoms with Gasteiger partial charge in [0, 0.05) is 25.6 Å². The van der Waals surface area contributed by atoms with Crippen LogP contribution in [0.2, 0.25) is 0 Å². The molecule has 2 amide bonds. The molecule has 2 unspecified atom stereocenters. The number of hydrogen-bond acceptors (Lipinski definition) is 4. The van der Waals surface area contributed by atoms with E-state index < -0.39 is 17.9 Å². The number of carboxylic acids is 1. The summed E-state index contributed by atoms with van der Waals surface area (Å²) >= 11 is 0. The van der Waals surface area contributed by atoms with Gasteiger partial charge in [-0.1, -0.05) is 20.8 Å². The van der Waals surface area contributed by atoms with Crippen molar-refractivity contribution in [3.63, 3.8) is 0 Å². The van der Waals surface area contributed by atoms with Crippen molar-refractivity contribution < 1.29 is 19.5 Å². The number of nitrogens with two attached hydrogens (primary N) is 1. The molecule has 2 atom stereocenters. The summed E-state index contributed by atoms with van der Waals surface area (Å²) in [4.78, 5) is 36.3. The molecule has 4 N–H and O–H groups in total. The molecule has 1 heterocycles. The third kappa shape index (κ3) is 5.71. The smallest absolute Gasteiger partial charge is 0.305 e. The minimum absolute atomic E-state index is 0.0133. The first-order valence-corrected chi connectivity index (χ1v) is 7.14. The predicted molar refractivity (Wildman–Crippen MR) is 77.4 cm³/mol. The van der Waals surface area contributed by atoms with Gasteiger partial charge in [0.15, 0.2) is 0 Å². The lowest BCUT2D eigenvalue weighted by atomic mass is 9.87. The van der Waals surface area contributed by atoms with Gasteiger partial charge in [-0.15, -0.1) is 0 Å². The van der Waals surface area contributed by atoms with Gasteiger partial charge in [0.05, 0.1) is 6.42 Å². The van der Waals surface area contributed by atoms with Crippen LogP contribution in [0.5, 0.6) is 0 Å². The van der Waals surface area contributed by atoms with Gasteiger partial charge in [-0.05, 0) is 11.8 Å². The third-order valence-corrected chi connectivity index (χ3v) is 3.33. The number of rotatable bonds is 5. The molecule has 0 saturated carbocycles. The van der Waals surface area contributed by atoms with E-state index in [1.165, 1.54) is 4.90 Å². The Morgan fingerprint density at radius 3 is 2.62 bits per heavy atom. The maximum absolute atomic E-state index is 12.3. The number of aliphatic carboxylic acids is 1. The zero-order chi connectivity index (χ0) is 16.2. The highest BCUT2D eigenvalue weighted by atomic mass is 16.4. The summed E-state index contributed by atoms with van der Waals surface area (Å²) in [6.07, 6.45) is 0.426. The van der Waals surface area contributed by atoms with E-state index in [4.69, 9.17) is 10.8 Å². The van der Waals surface area contributed by atoms with Crippen molar-refractivity contribution in [2.75, 3.05) is 13.1 Å². The fraction of sp³-hybridized carbons (Fsp3) is 0.786. The van der Waals surface area contributed by atoms with E-state index in [1.807, 2.05) is 20.8 Å². The first kappa shape index (κ1) is 17.4. The van der Waals surface area contributed by atoms with Gasteiger partial charge < -0.3 is 21.1 Å². The molecule has 0 aromatic rings. The second-order valence-electron chi connectivity index (χ2n) is 6.72.